The molecule has 1 amide bonds. The van der Waals surface area contributed by atoms with E-state index in [1.165, 1.54) is 4.57 Å². The Kier molecular flexibility index (Phi) is 4.92. The van der Waals surface area contributed by atoms with Gasteiger partial charge in [0.25, 0.3) is 0 Å². The Morgan fingerprint density at radius 2 is 2.05 bits per heavy atom. The molecule has 0 aliphatic heterocycles. The molecule has 0 bridgehead atoms. The van der Waals surface area contributed by atoms with Crippen molar-refractivity contribution in [2.24, 2.45) is 0 Å². The average Bonchev–Trinajstić information content (AvgIpc) is 2.82. The van der Waals surface area contributed by atoms with E-state index in [1.807, 2.05) is 38.1 Å². The van der Waals surface area contributed by atoms with Crippen molar-refractivity contribution in [2.75, 3.05) is 6.54 Å². The lowest BCUT2D eigenvalue weighted by Gasteiger charge is -2.06. The average molecular weight is 289 g/mol. The predicted octanol–water partition coefficient (Wildman–Crippen LogP) is 1.73. The Morgan fingerprint density at radius 3 is 2.71 bits per heavy atom. The highest BCUT2D eigenvalue weighted by atomic mass is 16.5. The van der Waals surface area contributed by atoms with Crippen LogP contribution in [0.5, 0.6) is 0 Å². The number of carbonyl (C=O) groups is 1. The van der Waals surface area contributed by atoms with Gasteiger partial charge < -0.3 is 5.32 Å². The first-order chi connectivity index (χ1) is 10.1. The van der Waals surface area contributed by atoms with Crippen LogP contribution < -0.4 is 11.1 Å². The van der Waals surface area contributed by atoms with Crippen LogP contribution in [0.3, 0.4) is 0 Å². The second kappa shape index (κ2) is 6.88. The van der Waals surface area contributed by atoms with Crippen LogP contribution in [0, 0.1) is 6.92 Å². The Labute approximate surface area is 122 Å². The Balaban J connectivity index is 2.17. The molecule has 0 saturated heterocycles. The van der Waals surface area contributed by atoms with Crippen molar-refractivity contribution in [3.05, 3.63) is 40.4 Å². The molecular weight excluding hydrogens is 270 g/mol. The summed E-state index contributed by atoms with van der Waals surface area (Å²) in [5.74, 6) is -0.482. The predicted molar refractivity (Wildman–Crippen MR) is 78.9 cm³/mol. The fourth-order valence-corrected chi connectivity index (χ4v) is 1.92. The number of nitrogens with zero attached hydrogens (tertiary/aromatic N) is 2. The lowest BCUT2D eigenvalue weighted by molar-refractivity contribution is -0.121. The molecule has 0 atom stereocenters. The second-order valence-electron chi connectivity index (χ2n) is 4.93. The van der Waals surface area contributed by atoms with Gasteiger partial charge in [-0.25, -0.2) is 9.36 Å². The van der Waals surface area contributed by atoms with Gasteiger partial charge in [-0.05, 0) is 13.3 Å². The highest BCUT2D eigenvalue weighted by Gasteiger charge is 2.15. The van der Waals surface area contributed by atoms with Gasteiger partial charge in [-0.3, -0.25) is 9.32 Å². The molecule has 0 unspecified atom stereocenters. The number of aryl methyl sites for hydroxylation is 1. The summed E-state index contributed by atoms with van der Waals surface area (Å²) in [6.45, 7) is 4.54. The Bertz CT molecular complexity index is 656. The van der Waals surface area contributed by atoms with E-state index < -0.39 is 5.76 Å². The molecule has 2 aromatic rings. The third-order valence-corrected chi connectivity index (χ3v) is 3.15. The van der Waals surface area contributed by atoms with E-state index in [0.717, 1.165) is 24.0 Å². The number of hydrogen-bond acceptors (Lipinski definition) is 4. The molecule has 0 aliphatic carbocycles. The van der Waals surface area contributed by atoms with E-state index in [4.69, 9.17) is 0 Å². The maximum Gasteiger partial charge on any atom is 0.442 e. The smallest absolute Gasteiger partial charge is 0.355 e. The number of amides is 1. The highest BCUT2D eigenvalue weighted by Crippen LogP contribution is 2.16. The van der Waals surface area contributed by atoms with Crippen molar-refractivity contribution in [1.82, 2.24) is 15.0 Å². The zero-order valence-electron chi connectivity index (χ0n) is 12.3. The third kappa shape index (κ3) is 3.81. The van der Waals surface area contributed by atoms with Gasteiger partial charge in [0, 0.05) is 12.1 Å². The van der Waals surface area contributed by atoms with Gasteiger partial charge in [0.1, 0.15) is 6.54 Å². The Morgan fingerprint density at radius 1 is 1.33 bits per heavy atom. The van der Waals surface area contributed by atoms with Crippen molar-refractivity contribution < 1.29 is 9.32 Å². The standard InChI is InChI=1S/C15H19N3O3/c1-3-4-9-16-13(19)10-18-14(17-21-15(18)20)12-7-5-11(2)6-8-12/h5-8H,3-4,9-10H2,1-2H3,(H,16,19). The van der Waals surface area contributed by atoms with Gasteiger partial charge in [0.15, 0.2) is 5.82 Å². The van der Waals surface area contributed by atoms with E-state index in [2.05, 4.69) is 15.0 Å². The molecule has 1 N–H and O–H groups in total. The van der Waals surface area contributed by atoms with Gasteiger partial charge in [0.2, 0.25) is 5.91 Å². The van der Waals surface area contributed by atoms with Gasteiger partial charge in [0.05, 0.1) is 0 Å². The van der Waals surface area contributed by atoms with E-state index in [9.17, 15) is 9.59 Å². The molecule has 21 heavy (non-hydrogen) atoms. The molecule has 0 aliphatic rings. The zero-order chi connectivity index (χ0) is 15.2. The van der Waals surface area contributed by atoms with Crippen LogP contribution in [0.2, 0.25) is 0 Å². The van der Waals surface area contributed by atoms with Gasteiger partial charge in [-0.2, -0.15) is 0 Å². The van der Waals surface area contributed by atoms with Gasteiger partial charge in [-0.1, -0.05) is 48.3 Å². The normalized spacial score (nSPS) is 10.6. The van der Waals surface area contributed by atoms with Crippen molar-refractivity contribution in [2.45, 2.75) is 33.2 Å². The molecule has 112 valence electrons. The maximum absolute atomic E-state index is 11.8. The van der Waals surface area contributed by atoms with E-state index in [-0.39, 0.29) is 12.5 Å². The summed E-state index contributed by atoms with van der Waals surface area (Å²) >= 11 is 0. The molecule has 1 aromatic carbocycles. The molecule has 2 rings (SSSR count). The summed E-state index contributed by atoms with van der Waals surface area (Å²) in [5.41, 5.74) is 1.85. The number of aromatic nitrogens is 2. The number of benzene rings is 1. The minimum absolute atomic E-state index is 0.0880. The molecular formula is C15H19N3O3. The number of hydrogen-bond donors (Lipinski definition) is 1. The second-order valence-corrected chi connectivity index (χ2v) is 4.93. The van der Waals surface area contributed by atoms with Gasteiger partial charge in [-0.15, -0.1) is 0 Å². The lowest BCUT2D eigenvalue weighted by atomic mass is 10.1. The van der Waals surface area contributed by atoms with E-state index in [0.29, 0.717) is 12.4 Å². The van der Waals surface area contributed by atoms with Crippen molar-refractivity contribution in [3.63, 3.8) is 0 Å². The van der Waals surface area contributed by atoms with Crippen molar-refractivity contribution >= 4 is 5.91 Å². The SMILES string of the molecule is CCCCNC(=O)Cn1c(-c2ccc(C)cc2)noc1=O. The van der Waals surface area contributed by atoms with Gasteiger partial charge >= 0.3 is 5.76 Å². The molecule has 6 nitrogen and oxygen atoms in total. The maximum atomic E-state index is 11.8. The van der Waals surface area contributed by atoms with Crippen LogP contribution in [0.25, 0.3) is 11.4 Å². The van der Waals surface area contributed by atoms with E-state index in [1.54, 1.807) is 0 Å². The molecule has 0 saturated carbocycles. The number of rotatable bonds is 6. The monoisotopic (exact) mass is 289 g/mol. The number of carbonyl (C=O) groups excluding carboxylic acids is 1. The number of unbranched alkanes of at least 4 members (excludes halogenated alkanes) is 1. The van der Waals surface area contributed by atoms with Crippen LogP contribution in [0.15, 0.2) is 33.6 Å². The fourth-order valence-electron chi connectivity index (χ4n) is 1.92. The third-order valence-electron chi connectivity index (χ3n) is 3.15. The highest BCUT2D eigenvalue weighted by molar-refractivity contribution is 5.76. The minimum Gasteiger partial charge on any atom is -0.355 e. The topological polar surface area (TPSA) is 77.1 Å². The first kappa shape index (κ1) is 15.0. The van der Waals surface area contributed by atoms with Crippen LogP contribution in [0.1, 0.15) is 25.3 Å². The first-order valence-electron chi connectivity index (χ1n) is 7.02. The van der Waals surface area contributed by atoms with E-state index >= 15 is 0 Å². The summed E-state index contributed by atoms with van der Waals surface area (Å²) in [6.07, 6.45) is 1.91. The van der Waals surface area contributed by atoms with Crippen molar-refractivity contribution in [1.29, 1.82) is 0 Å². The van der Waals surface area contributed by atoms with Crippen LogP contribution in [-0.4, -0.2) is 22.2 Å². The summed E-state index contributed by atoms with van der Waals surface area (Å²) in [5, 5.41) is 6.53. The minimum atomic E-state index is -0.629. The summed E-state index contributed by atoms with van der Waals surface area (Å²) in [7, 11) is 0. The zero-order valence-corrected chi connectivity index (χ0v) is 12.3. The summed E-state index contributed by atoms with van der Waals surface area (Å²) in [4.78, 5) is 23.5. The molecule has 0 fully saturated rings. The molecule has 0 spiro atoms. The van der Waals surface area contributed by atoms with Crippen LogP contribution >= 0.6 is 0 Å². The molecule has 1 aromatic heterocycles. The molecule has 0 radical (unpaired) electrons. The molecule has 6 heteroatoms. The van der Waals surface area contributed by atoms with Crippen LogP contribution in [0.4, 0.5) is 0 Å². The first-order valence-corrected chi connectivity index (χ1v) is 7.02. The summed E-state index contributed by atoms with van der Waals surface area (Å²) in [6, 6.07) is 7.52. The van der Waals surface area contributed by atoms with Crippen LogP contribution in [-0.2, 0) is 11.3 Å². The largest absolute Gasteiger partial charge is 0.442 e. The lowest BCUT2D eigenvalue weighted by Crippen LogP contribution is -2.31. The molecule has 1 heterocycles. The quantitative estimate of drug-likeness (QED) is 0.822. The number of nitrogens with one attached hydrogen (secondary N) is 1. The Hall–Kier alpha value is -2.37. The fraction of sp³-hybridized carbons (Fsp3) is 0.400. The summed E-state index contributed by atoms with van der Waals surface area (Å²) < 4.78 is 5.93. The van der Waals surface area contributed by atoms with Crippen molar-refractivity contribution in [3.8, 4) is 11.4 Å².